The summed E-state index contributed by atoms with van der Waals surface area (Å²) in [6.45, 7) is 5.97. The molecule has 0 saturated carbocycles. The summed E-state index contributed by atoms with van der Waals surface area (Å²) in [6.07, 6.45) is 0. The van der Waals surface area contributed by atoms with Gasteiger partial charge in [-0.25, -0.2) is 4.79 Å². The summed E-state index contributed by atoms with van der Waals surface area (Å²) in [7, 11) is 0. The van der Waals surface area contributed by atoms with Crippen molar-refractivity contribution in [2.75, 3.05) is 11.9 Å². The predicted octanol–water partition coefficient (Wildman–Crippen LogP) is 2.28. The standard InChI is InChI=1S/C11H12N2O4/c1-7(2)6-12-8-3-4-9(11(14)15)10(5-8)13(16)17/h3-5,12H,1,6H2,2H3,(H,14,15). The van der Waals surface area contributed by atoms with Crippen LogP contribution in [0.15, 0.2) is 30.4 Å². The topological polar surface area (TPSA) is 92.5 Å². The van der Waals surface area contributed by atoms with E-state index in [0.29, 0.717) is 12.2 Å². The van der Waals surface area contributed by atoms with Crippen LogP contribution in [-0.4, -0.2) is 22.5 Å². The van der Waals surface area contributed by atoms with Crippen molar-refractivity contribution < 1.29 is 14.8 Å². The van der Waals surface area contributed by atoms with Gasteiger partial charge in [-0.05, 0) is 19.1 Å². The lowest BCUT2D eigenvalue weighted by molar-refractivity contribution is -0.385. The molecule has 0 aliphatic rings. The summed E-state index contributed by atoms with van der Waals surface area (Å²) in [4.78, 5) is 20.8. The molecule has 1 aromatic rings. The number of nitrogens with one attached hydrogen (secondary N) is 1. The second-order valence-electron chi connectivity index (χ2n) is 3.60. The van der Waals surface area contributed by atoms with E-state index in [-0.39, 0.29) is 5.56 Å². The van der Waals surface area contributed by atoms with Gasteiger partial charge in [-0.1, -0.05) is 12.2 Å². The number of aromatic carboxylic acids is 1. The molecule has 1 rings (SSSR count). The Balaban J connectivity index is 3.05. The first-order valence-corrected chi connectivity index (χ1v) is 4.82. The molecule has 0 fully saturated rings. The summed E-state index contributed by atoms with van der Waals surface area (Å²) in [5, 5.41) is 22.4. The predicted molar refractivity (Wildman–Crippen MR) is 63.4 cm³/mol. The lowest BCUT2D eigenvalue weighted by Crippen LogP contribution is -2.06. The molecule has 6 nitrogen and oxygen atoms in total. The quantitative estimate of drug-likeness (QED) is 0.464. The van der Waals surface area contributed by atoms with E-state index in [1.165, 1.54) is 18.2 Å². The summed E-state index contributed by atoms with van der Waals surface area (Å²) in [5.74, 6) is -1.32. The van der Waals surface area contributed by atoms with Crippen LogP contribution >= 0.6 is 0 Å². The Morgan fingerprint density at radius 3 is 2.71 bits per heavy atom. The molecular formula is C11H12N2O4. The van der Waals surface area contributed by atoms with E-state index in [4.69, 9.17) is 5.11 Å². The molecule has 0 bridgehead atoms. The Bertz CT molecular complexity index is 482. The maximum absolute atomic E-state index is 10.8. The summed E-state index contributed by atoms with van der Waals surface area (Å²) in [5.41, 5.74) is 0.611. The zero-order valence-electron chi connectivity index (χ0n) is 9.27. The van der Waals surface area contributed by atoms with E-state index >= 15 is 0 Å². The van der Waals surface area contributed by atoms with E-state index in [1.807, 2.05) is 6.92 Å². The monoisotopic (exact) mass is 236 g/mol. The summed E-state index contributed by atoms with van der Waals surface area (Å²) < 4.78 is 0. The third-order valence-electron chi connectivity index (χ3n) is 2.02. The molecular weight excluding hydrogens is 224 g/mol. The fourth-order valence-electron chi connectivity index (χ4n) is 1.23. The van der Waals surface area contributed by atoms with Crippen molar-refractivity contribution in [2.45, 2.75) is 6.92 Å². The van der Waals surface area contributed by atoms with Crippen molar-refractivity contribution in [3.05, 3.63) is 46.0 Å². The van der Waals surface area contributed by atoms with Crippen LogP contribution in [0, 0.1) is 10.1 Å². The lowest BCUT2D eigenvalue weighted by atomic mass is 10.1. The zero-order valence-corrected chi connectivity index (χ0v) is 9.27. The molecule has 0 unspecified atom stereocenters. The molecule has 0 aliphatic carbocycles. The number of hydrogen-bond acceptors (Lipinski definition) is 4. The Hall–Kier alpha value is -2.37. The van der Waals surface area contributed by atoms with Crippen LogP contribution < -0.4 is 5.32 Å². The van der Waals surface area contributed by atoms with Gasteiger partial charge in [0.25, 0.3) is 5.69 Å². The molecule has 0 heterocycles. The second-order valence-corrected chi connectivity index (χ2v) is 3.60. The number of carboxylic acids is 1. The van der Waals surface area contributed by atoms with Crippen LogP contribution in [0.5, 0.6) is 0 Å². The van der Waals surface area contributed by atoms with Gasteiger partial charge in [-0.3, -0.25) is 10.1 Å². The van der Waals surface area contributed by atoms with E-state index in [1.54, 1.807) is 0 Å². The lowest BCUT2D eigenvalue weighted by Gasteiger charge is -2.06. The molecule has 90 valence electrons. The smallest absolute Gasteiger partial charge is 0.342 e. The highest BCUT2D eigenvalue weighted by Crippen LogP contribution is 2.23. The minimum atomic E-state index is -1.32. The first-order valence-electron chi connectivity index (χ1n) is 4.82. The largest absolute Gasteiger partial charge is 0.477 e. The van der Waals surface area contributed by atoms with Crippen LogP contribution in [0.2, 0.25) is 0 Å². The Morgan fingerprint density at radius 2 is 2.24 bits per heavy atom. The Kier molecular flexibility index (Phi) is 3.82. The van der Waals surface area contributed by atoms with Gasteiger partial charge >= 0.3 is 5.97 Å². The first kappa shape index (κ1) is 12.7. The fraction of sp³-hybridized carbons (Fsp3) is 0.182. The van der Waals surface area contributed by atoms with Gasteiger partial charge in [-0.15, -0.1) is 0 Å². The highest BCUT2D eigenvalue weighted by Gasteiger charge is 2.19. The number of carbonyl (C=O) groups is 1. The van der Waals surface area contributed by atoms with Crippen LogP contribution in [0.3, 0.4) is 0 Å². The third kappa shape index (κ3) is 3.30. The number of rotatable bonds is 5. The van der Waals surface area contributed by atoms with Gasteiger partial charge in [0.2, 0.25) is 0 Å². The van der Waals surface area contributed by atoms with Gasteiger partial charge in [-0.2, -0.15) is 0 Å². The average Bonchev–Trinajstić information content (AvgIpc) is 2.25. The Morgan fingerprint density at radius 1 is 1.59 bits per heavy atom. The zero-order chi connectivity index (χ0) is 13.0. The first-order chi connectivity index (χ1) is 7.91. The number of nitro groups is 1. The Labute approximate surface area is 97.7 Å². The van der Waals surface area contributed by atoms with Crippen LogP contribution in [0.25, 0.3) is 0 Å². The highest BCUT2D eigenvalue weighted by atomic mass is 16.6. The fourth-order valence-corrected chi connectivity index (χ4v) is 1.23. The molecule has 0 spiro atoms. The van der Waals surface area contributed by atoms with Gasteiger partial charge in [0.05, 0.1) is 4.92 Å². The normalized spacial score (nSPS) is 9.71. The molecule has 0 atom stereocenters. The summed E-state index contributed by atoms with van der Waals surface area (Å²) >= 11 is 0. The third-order valence-corrected chi connectivity index (χ3v) is 2.02. The summed E-state index contributed by atoms with van der Waals surface area (Å²) in [6, 6.07) is 3.90. The molecule has 0 aromatic heterocycles. The highest BCUT2D eigenvalue weighted by molar-refractivity contribution is 5.93. The minimum Gasteiger partial charge on any atom is -0.477 e. The van der Waals surface area contributed by atoms with Crippen molar-refractivity contribution in [3.8, 4) is 0 Å². The van der Waals surface area contributed by atoms with Crippen LogP contribution in [-0.2, 0) is 0 Å². The van der Waals surface area contributed by atoms with Crippen molar-refractivity contribution in [2.24, 2.45) is 0 Å². The van der Waals surface area contributed by atoms with E-state index in [0.717, 1.165) is 5.57 Å². The van der Waals surface area contributed by atoms with Gasteiger partial charge in [0.1, 0.15) is 5.56 Å². The molecule has 0 amide bonds. The van der Waals surface area contributed by atoms with Gasteiger partial charge < -0.3 is 10.4 Å². The molecule has 0 saturated heterocycles. The average molecular weight is 236 g/mol. The SMILES string of the molecule is C=C(C)CNc1ccc(C(=O)O)c([N+](=O)[O-])c1. The van der Waals surface area contributed by atoms with Crippen molar-refractivity contribution >= 4 is 17.3 Å². The van der Waals surface area contributed by atoms with E-state index in [2.05, 4.69) is 11.9 Å². The van der Waals surface area contributed by atoms with Crippen molar-refractivity contribution in [1.82, 2.24) is 0 Å². The molecule has 0 radical (unpaired) electrons. The van der Waals surface area contributed by atoms with Gasteiger partial charge in [0.15, 0.2) is 0 Å². The maximum Gasteiger partial charge on any atom is 0.342 e. The molecule has 6 heteroatoms. The van der Waals surface area contributed by atoms with E-state index in [9.17, 15) is 14.9 Å². The maximum atomic E-state index is 10.8. The van der Waals surface area contributed by atoms with Crippen molar-refractivity contribution in [3.63, 3.8) is 0 Å². The molecule has 0 aliphatic heterocycles. The number of anilines is 1. The van der Waals surface area contributed by atoms with Crippen LogP contribution in [0.4, 0.5) is 11.4 Å². The molecule has 1 aromatic carbocycles. The second kappa shape index (κ2) is 5.11. The number of nitro benzene ring substituents is 1. The molecule has 17 heavy (non-hydrogen) atoms. The number of hydrogen-bond donors (Lipinski definition) is 2. The number of carboxylic acid groups (broad SMARTS) is 1. The van der Waals surface area contributed by atoms with Crippen LogP contribution in [0.1, 0.15) is 17.3 Å². The van der Waals surface area contributed by atoms with E-state index < -0.39 is 16.6 Å². The van der Waals surface area contributed by atoms with Gasteiger partial charge in [0, 0.05) is 18.3 Å². The minimum absolute atomic E-state index is 0.323. The number of nitrogens with zero attached hydrogens (tertiary/aromatic N) is 1. The number of benzene rings is 1. The molecule has 2 N–H and O–H groups in total. The van der Waals surface area contributed by atoms with Crippen molar-refractivity contribution in [1.29, 1.82) is 0 Å².